The summed E-state index contributed by atoms with van der Waals surface area (Å²) in [6, 6.07) is 0. The number of likely N-dealkylation sites (N-methyl/N-ethyl adjacent to an activating group) is 1. The number of ether oxygens (including phenoxy) is 4. The maximum absolute atomic E-state index is 12.9. The second kappa shape index (κ2) is 65.2. The molecule has 0 fully saturated rings. The predicted octanol–water partition coefficient (Wildman–Crippen LogP) is 21.1. The molecule has 0 amide bonds. The van der Waals surface area contributed by atoms with E-state index in [0.717, 1.165) is 116 Å². The molecule has 0 aliphatic rings. The number of unbranched alkanes of at least 4 members (excludes halogenated alkanes) is 22. The number of aliphatic carboxylic acids is 1. The van der Waals surface area contributed by atoms with Crippen LogP contribution >= 0.6 is 0 Å². The highest BCUT2D eigenvalue weighted by Gasteiger charge is 2.25. The second-order valence-electron chi connectivity index (χ2n) is 23.4. The van der Waals surface area contributed by atoms with Gasteiger partial charge in [0.1, 0.15) is 13.2 Å². The number of hydrogen-bond acceptors (Lipinski definition) is 7. The van der Waals surface area contributed by atoms with E-state index in [4.69, 9.17) is 18.9 Å². The average molecular weight is 1180 g/mol. The zero-order valence-electron chi connectivity index (χ0n) is 55.0. The first-order valence-corrected chi connectivity index (χ1v) is 34.0. The van der Waals surface area contributed by atoms with Crippen molar-refractivity contribution in [2.24, 2.45) is 0 Å². The molecule has 0 rings (SSSR count). The van der Waals surface area contributed by atoms with Gasteiger partial charge in [-0.05, 0) is 122 Å². The molecule has 0 aliphatic carbocycles. The fourth-order valence-corrected chi connectivity index (χ4v) is 8.90. The van der Waals surface area contributed by atoms with Gasteiger partial charge in [-0.25, -0.2) is 4.79 Å². The molecule has 0 aliphatic heterocycles. The molecule has 0 saturated carbocycles. The first-order chi connectivity index (χ1) is 41.6. The molecule has 0 radical (unpaired) electrons. The number of allylic oxidation sites excluding steroid dienone is 24. The topological polar surface area (TPSA) is 108 Å². The SMILES string of the molecule is CC/C=C\C/C=C\C/C=C\C/C=C\C/C=C\C/C=C\C/C=C\C/C=C\C/C=C\C/C=C\C/C=C\CCCCCCCCCC(=O)OC(COC(=O)CCCCCCCCCCC/C=C\CCCCCCCC)COC(OCC[N+](C)(C)C)C(=O)O. The van der Waals surface area contributed by atoms with E-state index >= 15 is 0 Å². The van der Waals surface area contributed by atoms with E-state index in [9.17, 15) is 19.5 Å². The number of rotatable bonds is 61. The molecular formula is C76H126NO8+. The molecule has 0 aromatic carbocycles. The van der Waals surface area contributed by atoms with Crippen LogP contribution in [0.1, 0.15) is 258 Å². The number of quaternary nitrogens is 1. The van der Waals surface area contributed by atoms with Gasteiger partial charge >= 0.3 is 17.9 Å². The van der Waals surface area contributed by atoms with Gasteiger partial charge in [-0.1, -0.05) is 269 Å². The van der Waals surface area contributed by atoms with Gasteiger partial charge in [-0.3, -0.25) is 9.59 Å². The number of carboxylic acid groups (broad SMARTS) is 1. The minimum absolute atomic E-state index is 0.179. The molecule has 0 spiro atoms. The first-order valence-electron chi connectivity index (χ1n) is 34.0. The summed E-state index contributed by atoms with van der Waals surface area (Å²) in [6.07, 6.45) is 92.3. The Morgan fingerprint density at radius 1 is 0.365 bits per heavy atom. The van der Waals surface area contributed by atoms with Gasteiger partial charge in [0.15, 0.2) is 6.10 Å². The van der Waals surface area contributed by atoms with E-state index in [-0.39, 0.29) is 32.2 Å². The van der Waals surface area contributed by atoms with Gasteiger partial charge in [0.05, 0.1) is 34.4 Å². The number of carbonyl (C=O) groups excluding carboxylic acids is 2. The summed E-state index contributed by atoms with van der Waals surface area (Å²) >= 11 is 0. The molecule has 0 saturated heterocycles. The van der Waals surface area contributed by atoms with Crippen molar-refractivity contribution in [2.75, 3.05) is 47.5 Å². The smallest absolute Gasteiger partial charge is 0.361 e. The van der Waals surface area contributed by atoms with Crippen molar-refractivity contribution in [3.63, 3.8) is 0 Å². The van der Waals surface area contributed by atoms with Crippen LogP contribution in [0.2, 0.25) is 0 Å². The largest absolute Gasteiger partial charge is 0.477 e. The molecule has 482 valence electrons. The van der Waals surface area contributed by atoms with Crippen LogP contribution in [0, 0.1) is 0 Å². The molecule has 9 heteroatoms. The Balaban J connectivity index is 4.19. The molecule has 0 aromatic heterocycles. The van der Waals surface area contributed by atoms with Crippen molar-refractivity contribution >= 4 is 17.9 Å². The predicted molar refractivity (Wildman–Crippen MR) is 364 cm³/mol. The zero-order valence-corrected chi connectivity index (χ0v) is 55.0. The van der Waals surface area contributed by atoms with Gasteiger partial charge in [0.2, 0.25) is 0 Å². The summed E-state index contributed by atoms with van der Waals surface area (Å²) in [5.74, 6) is -2.03. The van der Waals surface area contributed by atoms with Crippen molar-refractivity contribution in [3.8, 4) is 0 Å². The zero-order chi connectivity index (χ0) is 61.9. The van der Waals surface area contributed by atoms with Crippen molar-refractivity contribution in [1.29, 1.82) is 0 Å². The summed E-state index contributed by atoms with van der Waals surface area (Å²) < 4.78 is 22.9. The molecule has 0 heterocycles. The van der Waals surface area contributed by atoms with Crippen molar-refractivity contribution in [1.82, 2.24) is 0 Å². The summed E-state index contributed by atoms with van der Waals surface area (Å²) in [5.41, 5.74) is 0. The van der Waals surface area contributed by atoms with Gasteiger partial charge in [-0.15, -0.1) is 0 Å². The van der Waals surface area contributed by atoms with Crippen LogP contribution in [-0.2, 0) is 33.3 Å². The lowest BCUT2D eigenvalue weighted by Gasteiger charge is -2.25. The highest BCUT2D eigenvalue weighted by atomic mass is 16.7. The van der Waals surface area contributed by atoms with Gasteiger partial charge in [-0.2, -0.15) is 0 Å². The summed E-state index contributed by atoms with van der Waals surface area (Å²) in [4.78, 5) is 37.5. The van der Waals surface area contributed by atoms with Crippen LogP contribution in [0.15, 0.2) is 146 Å². The number of nitrogens with zero attached hydrogens (tertiary/aromatic N) is 1. The lowest BCUT2D eigenvalue weighted by Crippen LogP contribution is -2.40. The third kappa shape index (κ3) is 66.5. The highest BCUT2D eigenvalue weighted by Crippen LogP contribution is 2.15. The van der Waals surface area contributed by atoms with E-state index in [1.165, 1.54) is 109 Å². The third-order valence-corrected chi connectivity index (χ3v) is 14.1. The van der Waals surface area contributed by atoms with Crippen LogP contribution in [0.25, 0.3) is 0 Å². The Labute approximate surface area is 522 Å². The van der Waals surface area contributed by atoms with Gasteiger partial charge in [0, 0.05) is 12.8 Å². The van der Waals surface area contributed by atoms with Crippen LogP contribution in [0.3, 0.4) is 0 Å². The monoisotopic (exact) mass is 1180 g/mol. The van der Waals surface area contributed by atoms with E-state index in [0.29, 0.717) is 23.9 Å². The van der Waals surface area contributed by atoms with E-state index in [2.05, 4.69) is 160 Å². The van der Waals surface area contributed by atoms with Crippen LogP contribution in [0.4, 0.5) is 0 Å². The minimum Gasteiger partial charge on any atom is -0.477 e. The molecule has 0 bridgehead atoms. The van der Waals surface area contributed by atoms with Gasteiger partial charge < -0.3 is 28.5 Å². The Bertz CT molecular complexity index is 1900. The molecule has 0 aromatic rings. The molecule has 2 atom stereocenters. The van der Waals surface area contributed by atoms with E-state index in [1.807, 2.05) is 21.1 Å². The maximum atomic E-state index is 12.9. The fraction of sp³-hybridized carbons (Fsp3) is 0.645. The summed E-state index contributed by atoms with van der Waals surface area (Å²) in [7, 11) is 5.96. The number of carbonyl (C=O) groups is 3. The number of hydrogen-bond donors (Lipinski definition) is 1. The highest BCUT2D eigenvalue weighted by molar-refractivity contribution is 5.71. The third-order valence-electron chi connectivity index (χ3n) is 14.1. The Kier molecular flexibility index (Phi) is 61.4. The van der Waals surface area contributed by atoms with Crippen molar-refractivity contribution in [3.05, 3.63) is 146 Å². The molecule has 2 unspecified atom stereocenters. The van der Waals surface area contributed by atoms with Crippen LogP contribution in [-0.4, -0.2) is 87.4 Å². The summed E-state index contributed by atoms with van der Waals surface area (Å²) in [5, 5.41) is 9.73. The number of esters is 2. The number of carboxylic acids is 1. The van der Waals surface area contributed by atoms with Crippen molar-refractivity contribution < 1.29 is 42.9 Å². The lowest BCUT2D eigenvalue weighted by molar-refractivity contribution is -0.870. The second-order valence-corrected chi connectivity index (χ2v) is 23.4. The van der Waals surface area contributed by atoms with Crippen LogP contribution < -0.4 is 0 Å². The van der Waals surface area contributed by atoms with Gasteiger partial charge in [0.25, 0.3) is 6.29 Å². The average Bonchev–Trinajstić information content (AvgIpc) is 3.49. The van der Waals surface area contributed by atoms with E-state index in [1.54, 1.807) is 0 Å². The molecule has 9 nitrogen and oxygen atoms in total. The first kappa shape index (κ1) is 80.2. The van der Waals surface area contributed by atoms with E-state index < -0.39 is 24.3 Å². The van der Waals surface area contributed by atoms with Crippen LogP contribution in [0.5, 0.6) is 0 Å². The van der Waals surface area contributed by atoms with Crippen molar-refractivity contribution in [2.45, 2.75) is 270 Å². The molecule has 85 heavy (non-hydrogen) atoms. The maximum Gasteiger partial charge on any atom is 0.361 e. The lowest BCUT2D eigenvalue weighted by atomic mass is 10.1. The standard InChI is InChI=1S/C76H125NO8/c1-6-8-10-12-14-16-18-20-22-24-26-27-28-29-30-31-32-33-34-35-36-37-38-39-40-41-42-43-44-45-46-47-49-51-53-55-57-59-61-63-65-67-74(79)85-72(71-84-76(75(80)81)82-69-68-77(3,4)5)70-83-73(78)66-64-62-60-58-56-54-52-50-48-25-23-21-19-17-15-13-11-9-7-2/h8,10,14,16,20-23,26-27,29-30,32-33,35-36,38-39,41-42,44-45,47,49,72,76H,6-7,9,11-13,15,17-19,24-25,28,31,34,37,40,43,46,48,50-71H2,1-5H3/p+1/b10-8-,16-14-,22-20-,23-21-,27-26-,30-29-,33-32-,36-35-,39-38-,42-41-,45-44-,49-47-. The fourth-order valence-electron chi connectivity index (χ4n) is 8.90. The Morgan fingerprint density at radius 2 is 0.671 bits per heavy atom. The molecule has 1 N–H and O–H groups in total. The quantitative estimate of drug-likeness (QED) is 0.0211. The summed E-state index contributed by atoms with van der Waals surface area (Å²) in [6.45, 7) is 4.74. The minimum atomic E-state index is -1.52. The molecular weight excluding hydrogens is 1050 g/mol. The Hall–Kier alpha value is -4.83. The normalized spacial score (nSPS) is 13.7. The Morgan fingerprint density at radius 3 is 1.01 bits per heavy atom.